The second-order valence-corrected chi connectivity index (χ2v) is 6.95. The Morgan fingerprint density at radius 1 is 1.17 bits per heavy atom. The van der Waals surface area contributed by atoms with Crippen LogP contribution >= 0.6 is 0 Å². The number of fused-ring (bicyclic) bond motifs is 1. The quantitative estimate of drug-likeness (QED) is 0.715. The van der Waals surface area contributed by atoms with Crippen LogP contribution < -0.4 is 10.3 Å². The SMILES string of the molecule is Cc1n[nH]c(C)c1S(=O)(=O)Nc1ccc2c(C)cc(=O)oc2c1. The molecule has 3 aromatic rings. The summed E-state index contributed by atoms with van der Waals surface area (Å²) < 4.78 is 32.6. The highest BCUT2D eigenvalue weighted by atomic mass is 32.2. The molecule has 7 nitrogen and oxygen atoms in total. The maximum absolute atomic E-state index is 12.5. The van der Waals surface area contributed by atoms with Crippen LogP contribution in [0.4, 0.5) is 5.69 Å². The molecule has 0 saturated carbocycles. The van der Waals surface area contributed by atoms with Gasteiger partial charge in [-0.3, -0.25) is 9.82 Å². The molecule has 0 aliphatic heterocycles. The first-order valence-corrected chi connectivity index (χ1v) is 8.35. The molecule has 23 heavy (non-hydrogen) atoms. The van der Waals surface area contributed by atoms with Crippen LogP contribution in [0.1, 0.15) is 17.0 Å². The maximum Gasteiger partial charge on any atom is 0.336 e. The Morgan fingerprint density at radius 3 is 2.57 bits per heavy atom. The molecular weight excluding hydrogens is 318 g/mol. The molecule has 3 rings (SSSR count). The largest absolute Gasteiger partial charge is 0.423 e. The Morgan fingerprint density at radius 2 is 1.91 bits per heavy atom. The van der Waals surface area contributed by atoms with E-state index in [9.17, 15) is 13.2 Å². The van der Waals surface area contributed by atoms with Gasteiger partial charge >= 0.3 is 5.63 Å². The fourth-order valence-corrected chi connectivity index (χ4v) is 3.95. The molecule has 2 N–H and O–H groups in total. The Labute approximate surface area is 132 Å². The van der Waals surface area contributed by atoms with E-state index in [4.69, 9.17) is 4.42 Å². The van der Waals surface area contributed by atoms with E-state index in [-0.39, 0.29) is 4.90 Å². The van der Waals surface area contributed by atoms with E-state index < -0.39 is 15.6 Å². The maximum atomic E-state index is 12.5. The van der Waals surface area contributed by atoms with Crippen molar-refractivity contribution in [3.8, 4) is 0 Å². The normalized spacial score (nSPS) is 11.8. The lowest BCUT2D eigenvalue weighted by Crippen LogP contribution is -2.14. The summed E-state index contributed by atoms with van der Waals surface area (Å²) in [5, 5.41) is 7.29. The lowest BCUT2D eigenvalue weighted by molar-refractivity contribution is 0.560. The number of aryl methyl sites for hydroxylation is 3. The van der Waals surface area contributed by atoms with Gasteiger partial charge < -0.3 is 4.42 Å². The van der Waals surface area contributed by atoms with Crippen LogP contribution in [0.3, 0.4) is 0 Å². The molecule has 1 aromatic carbocycles. The summed E-state index contributed by atoms with van der Waals surface area (Å²) in [5.41, 5.74) is 1.78. The van der Waals surface area contributed by atoms with Crippen LogP contribution in [-0.4, -0.2) is 18.6 Å². The average Bonchev–Trinajstić information content (AvgIpc) is 2.77. The molecule has 0 radical (unpaired) electrons. The fraction of sp³-hybridized carbons (Fsp3) is 0.200. The van der Waals surface area contributed by atoms with Crippen molar-refractivity contribution in [1.82, 2.24) is 10.2 Å². The van der Waals surface area contributed by atoms with Crippen LogP contribution in [0.15, 0.2) is 38.4 Å². The first-order valence-electron chi connectivity index (χ1n) is 6.87. The second-order valence-electron chi connectivity index (χ2n) is 5.33. The van der Waals surface area contributed by atoms with E-state index in [0.717, 1.165) is 10.9 Å². The zero-order valence-corrected chi connectivity index (χ0v) is 13.6. The van der Waals surface area contributed by atoms with Crippen LogP contribution in [0.25, 0.3) is 11.0 Å². The van der Waals surface area contributed by atoms with Crippen LogP contribution in [-0.2, 0) is 10.0 Å². The number of hydrogen-bond acceptors (Lipinski definition) is 5. The summed E-state index contributed by atoms with van der Waals surface area (Å²) in [7, 11) is -3.78. The Kier molecular flexibility index (Phi) is 3.48. The van der Waals surface area contributed by atoms with E-state index >= 15 is 0 Å². The van der Waals surface area contributed by atoms with Gasteiger partial charge in [0.1, 0.15) is 10.5 Å². The number of sulfonamides is 1. The van der Waals surface area contributed by atoms with Crippen molar-refractivity contribution in [2.45, 2.75) is 25.7 Å². The summed E-state index contributed by atoms with van der Waals surface area (Å²) in [6.07, 6.45) is 0. The van der Waals surface area contributed by atoms with Crippen molar-refractivity contribution < 1.29 is 12.8 Å². The van der Waals surface area contributed by atoms with Crippen molar-refractivity contribution in [2.75, 3.05) is 4.72 Å². The van der Waals surface area contributed by atoms with Gasteiger partial charge in [-0.25, -0.2) is 13.2 Å². The number of nitrogens with one attached hydrogen (secondary N) is 2. The minimum Gasteiger partial charge on any atom is -0.423 e. The average molecular weight is 333 g/mol. The number of nitrogens with zero attached hydrogens (tertiary/aromatic N) is 1. The smallest absolute Gasteiger partial charge is 0.336 e. The van der Waals surface area contributed by atoms with Crippen LogP contribution in [0.2, 0.25) is 0 Å². The molecule has 0 atom stereocenters. The molecule has 120 valence electrons. The number of rotatable bonds is 3. The van der Waals surface area contributed by atoms with Gasteiger partial charge in [-0.15, -0.1) is 0 Å². The van der Waals surface area contributed by atoms with Crippen LogP contribution in [0.5, 0.6) is 0 Å². The van der Waals surface area contributed by atoms with Gasteiger partial charge in [0, 0.05) is 17.5 Å². The summed E-state index contributed by atoms with van der Waals surface area (Å²) in [6, 6.07) is 6.22. The van der Waals surface area contributed by atoms with E-state index in [1.807, 2.05) is 0 Å². The Bertz CT molecular complexity index is 1040. The summed E-state index contributed by atoms with van der Waals surface area (Å²) in [4.78, 5) is 11.6. The predicted octanol–water partition coefficient (Wildman–Crippen LogP) is 2.24. The van der Waals surface area contributed by atoms with Crippen molar-refractivity contribution in [1.29, 1.82) is 0 Å². The fourth-order valence-electron chi connectivity index (χ4n) is 2.53. The minimum absolute atomic E-state index is 0.114. The molecule has 0 aliphatic rings. The van der Waals surface area contributed by atoms with E-state index in [2.05, 4.69) is 14.9 Å². The van der Waals surface area contributed by atoms with E-state index in [0.29, 0.717) is 22.7 Å². The molecule has 2 heterocycles. The number of H-pyrrole nitrogens is 1. The topological polar surface area (TPSA) is 105 Å². The molecular formula is C15H15N3O4S. The number of aromatic amines is 1. The lowest BCUT2D eigenvalue weighted by Gasteiger charge is -2.09. The molecule has 0 fully saturated rings. The summed E-state index contributed by atoms with van der Waals surface area (Å²) in [5.74, 6) is 0. The standard InChI is InChI=1S/C15H15N3O4S/c1-8-6-14(19)22-13-7-11(4-5-12(8)13)18-23(20,21)15-9(2)16-17-10(15)3/h4-7,18H,1-3H3,(H,16,17). The number of benzene rings is 1. The second kappa shape index (κ2) is 5.24. The van der Waals surface area contributed by atoms with Crippen molar-refractivity contribution in [3.63, 3.8) is 0 Å². The molecule has 0 saturated heterocycles. The Balaban J connectivity index is 2.06. The zero-order chi connectivity index (χ0) is 16.8. The molecule has 0 spiro atoms. The Hall–Kier alpha value is -2.61. The van der Waals surface area contributed by atoms with Gasteiger partial charge in [0.15, 0.2) is 0 Å². The van der Waals surface area contributed by atoms with E-state index in [1.54, 1.807) is 32.9 Å². The third kappa shape index (κ3) is 2.72. The van der Waals surface area contributed by atoms with E-state index in [1.165, 1.54) is 12.1 Å². The van der Waals surface area contributed by atoms with Crippen molar-refractivity contribution in [2.24, 2.45) is 0 Å². The molecule has 2 aromatic heterocycles. The monoisotopic (exact) mass is 333 g/mol. The summed E-state index contributed by atoms with van der Waals surface area (Å²) >= 11 is 0. The van der Waals surface area contributed by atoms with Crippen molar-refractivity contribution >= 4 is 26.7 Å². The minimum atomic E-state index is -3.78. The number of aromatic nitrogens is 2. The molecule has 0 unspecified atom stereocenters. The zero-order valence-electron chi connectivity index (χ0n) is 12.8. The number of hydrogen-bond donors (Lipinski definition) is 2. The molecule has 8 heteroatoms. The van der Waals surface area contributed by atoms with Crippen LogP contribution in [0, 0.1) is 20.8 Å². The number of anilines is 1. The molecule has 0 aliphatic carbocycles. The first kappa shape index (κ1) is 15.3. The van der Waals surface area contributed by atoms with Gasteiger partial charge in [0.05, 0.1) is 17.1 Å². The highest BCUT2D eigenvalue weighted by molar-refractivity contribution is 7.92. The third-order valence-corrected chi connectivity index (χ3v) is 5.18. The van der Waals surface area contributed by atoms with Gasteiger partial charge in [-0.2, -0.15) is 5.10 Å². The third-order valence-electron chi connectivity index (χ3n) is 3.53. The first-order chi connectivity index (χ1) is 10.8. The van der Waals surface area contributed by atoms with Crippen molar-refractivity contribution in [3.05, 3.63) is 51.6 Å². The predicted molar refractivity (Wildman–Crippen MR) is 86.1 cm³/mol. The molecule has 0 bridgehead atoms. The van der Waals surface area contributed by atoms with Gasteiger partial charge in [0.25, 0.3) is 10.0 Å². The lowest BCUT2D eigenvalue weighted by atomic mass is 10.1. The highest BCUT2D eigenvalue weighted by Crippen LogP contribution is 2.24. The van der Waals surface area contributed by atoms with Gasteiger partial charge in [0.2, 0.25) is 0 Å². The van der Waals surface area contributed by atoms with Gasteiger partial charge in [-0.1, -0.05) is 0 Å². The highest BCUT2D eigenvalue weighted by Gasteiger charge is 2.22. The molecule has 0 amide bonds. The van der Waals surface area contributed by atoms with Gasteiger partial charge in [-0.05, 0) is 38.5 Å². The summed E-state index contributed by atoms with van der Waals surface area (Å²) in [6.45, 7) is 5.04.